The standard InChI is InChI=1S/C22H26N4O3.C21H24N4O3/c1-24-9-4-10-25(12-11-24)17-6-8-21-23-18(14-22(27)26(21)15-17)16-5-7-19(28-2)20(13-16)29-3;1-27-18-6-4-15(12-19(18)28-2)17-13-21(26)25-14-16(5-7-20(25)23-17)24-10-3-8-22-9-11-24/h5-8,13-15H,4,9-12H2,1-3H3;4-7,12-14,22H,3,8-11H2,1-2H3. The SMILES string of the molecule is COc1ccc(-c2cc(=O)n3cc(N4CCCN(C)CC4)ccc3n2)cc1OC.COc1ccc(-c2cc(=O)n3cc(N4CCCNCC4)ccc3n2)cc1OC. The van der Waals surface area contributed by atoms with Crippen molar-refractivity contribution in [3.63, 3.8) is 0 Å². The molecule has 57 heavy (non-hydrogen) atoms. The normalized spacial score (nSPS) is 15.0. The van der Waals surface area contributed by atoms with Gasteiger partial charge in [-0.15, -0.1) is 0 Å². The van der Waals surface area contributed by atoms with Crippen LogP contribution in [0.25, 0.3) is 33.8 Å². The molecular formula is C43H50N8O6. The Bertz CT molecular complexity index is 2460. The van der Waals surface area contributed by atoms with Crippen LogP contribution in [0.5, 0.6) is 23.0 Å². The van der Waals surface area contributed by atoms with E-state index in [4.69, 9.17) is 23.9 Å². The molecule has 2 aliphatic heterocycles. The molecule has 1 N–H and O–H groups in total. The summed E-state index contributed by atoms with van der Waals surface area (Å²) in [6, 6.07) is 22.1. The van der Waals surface area contributed by atoms with E-state index in [9.17, 15) is 9.59 Å². The van der Waals surface area contributed by atoms with Crippen LogP contribution < -0.4 is 45.2 Å². The molecule has 14 nitrogen and oxygen atoms in total. The Labute approximate surface area is 331 Å². The van der Waals surface area contributed by atoms with Crippen molar-refractivity contribution in [2.75, 3.05) is 97.6 Å². The van der Waals surface area contributed by atoms with Crippen molar-refractivity contribution < 1.29 is 18.9 Å². The molecule has 0 unspecified atom stereocenters. The number of methoxy groups -OCH3 is 4. The Morgan fingerprint density at radius 1 is 0.526 bits per heavy atom. The van der Waals surface area contributed by atoms with Gasteiger partial charge in [0.2, 0.25) is 0 Å². The van der Waals surface area contributed by atoms with Crippen LogP contribution in [0.2, 0.25) is 0 Å². The fraction of sp³-hybridized carbons (Fsp3) is 0.349. The van der Waals surface area contributed by atoms with Crippen molar-refractivity contribution in [1.29, 1.82) is 0 Å². The third-order valence-electron chi connectivity index (χ3n) is 10.4. The van der Waals surface area contributed by atoms with Gasteiger partial charge in [0.1, 0.15) is 11.3 Å². The van der Waals surface area contributed by atoms with Crippen LogP contribution in [0, 0.1) is 0 Å². The van der Waals surface area contributed by atoms with Crippen LogP contribution >= 0.6 is 0 Å². The molecule has 6 aromatic rings. The summed E-state index contributed by atoms with van der Waals surface area (Å²) in [6.07, 6.45) is 5.98. The smallest absolute Gasteiger partial charge is 0.258 e. The Morgan fingerprint density at radius 2 is 1.04 bits per heavy atom. The summed E-state index contributed by atoms with van der Waals surface area (Å²) in [7, 11) is 8.51. The highest BCUT2D eigenvalue weighted by Crippen LogP contribution is 2.33. The highest BCUT2D eigenvalue weighted by molar-refractivity contribution is 5.67. The first kappa shape index (κ1) is 39.1. The molecule has 2 saturated heterocycles. The van der Waals surface area contributed by atoms with Gasteiger partial charge in [-0.3, -0.25) is 18.4 Å². The second-order valence-electron chi connectivity index (χ2n) is 14.1. The highest BCUT2D eigenvalue weighted by atomic mass is 16.5. The van der Waals surface area contributed by atoms with Gasteiger partial charge in [-0.25, -0.2) is 9.97 Å². The number of aromatic nitrogens is 4. The Kier molecular flexibility index (Phi) is 12.2. The van der Waals surface area contributed by atoms with Crippen LogP contribution in [0.4, 0.5) is 11.4 Å². The second-order valence-corrected chi connectivity index (χ2v) is 14.1. The molecule has 2 aliphatic rings. The first-order chi connectivity index (χ1) is 27.8. The van der Waals surface area contributed by atoms with Gasteiger partial charge in [0.25, 0.3) is 11.1 Å². The average molecular weight is 775 g/mol. The Morgan fingerprint density at radius 3 is 1.56 bits per heavy atom. The van der Waals surface area contributed by atoms with E-state index in [-0.39, 0.29) is 11.1 Å². The van der Waals surface area contributed by atoms with Gasteiger partial charge in [-0.05, 0) is 93.6 Å². The number of nitrogens with zero attached hydrogens (tertiary/aromatic N) is 7. The molecule has 2 fully saturated rings. The minimum Gasteiger partial charge on any atom is -0.493 e. The zero-order valence-electron chi connectivity index (χ0n) is 33.2. The van der Waals surface area contributed by atoms with E-state index >= 15 is 0 Å². The zero-order valence-corrected chi connectivity index (χ0v) is 33.2. The molecule has 0 atom stereocenters. The molecule has 6 heterocycles. The minimum absolute atomic E-state index is 0.103. The summed E-state index contributed by atoms with van der Waals surface area (Å²) in [6.45, 7) is 7.94. The molecule has 0 bridgehead atoms. The van der Waals surface area contributed by atoms with E-state index in [1.165, 1.54) is 0 Å². The number of fused-ring (bicyclic) bond motifs is 2. The minimum atomic E-state index is -0.107. The first-order valence-corrected chi connectivity index (χ1v) is 19.2. The van der Waals surface area contributed by atoms with Crippen molar-refractivity contribution in [3.8, 4) is 45.5 Å². The third kappa shape index (κ3) is 8.82. The monoisotopic (exact) mass is 774 g/mol. The van der Waals surface area contributed by atoms with E-state index in [0.29, 0.717) is 45.7 Å². The number of likely N-dealkylation sites (N-methyl/N-ethyl adjacent to an activating group) is 1. The summed E-state index contributed by atoms with van der Waals surface area (Å²) in [5.74, 6) is 2.49. The number of benzene rings is 2. The van der Waals surface area contributed by atoms with Gasteiger partial charge in [-0.1, -0.05) is 0 Å². The largest absolute Gasteiger partial charge is 0.493 e. The number of nitrogens with one attached hydrogen (secondary N) is 1. The topological polar surface area (TPSA) is 127 Å². The van der Waals surface area contributed by atoms with Gasteiger partial charge in [0.05, 0.1) is 51.2 Å². The molecule has 298 valence electrons. The maximum Gasteiger partial charge on any atom is 0.258 e. The van der Waals surface area contributed by atoms with E-state index in [0.717, 1.165) is 87.7 Å². The van der Waals surface area contributed by atoms with Crippen molar-refractivity contribution in [3.05, 3.63) is 106 Å². The highest BCUT2D eigenvalue weighted by Gasteiger charge is 2.16. The molecule has 4 aromatic heterocycles. The molecule has 0 amide bonds. The fourth-order valence-corrected chi connectivity index (χ4v) is 7.25. The molecule has 14 heteroatoms. The van der Waals surface area contributed by atoms with E-state index in [1.54, 1.807) is 49.4 Å². The van der Waals surface area contributed by atoms with Gasteiger partial charge in [0.15, 0.2) is 23.0 Å². The molecule has 0 radical (unpaired) electrons. The predicted molar refractivity (Wildman–Crippen MR) is 224 cm³/mol. The first-order valence-electron chi connectivity index (χ1n) is 19.2. The lowest BCUT2D eigenvalue weighted by molar-refractivity contribution is 0.355. The maximum atomic E-state index is 12.8. The molecule has 2 aromatic carbocycles. The molecule has 0 spiro atoms. The summed E-state index contributed by atoms with van der Waals surface area (Å²) in [5.41, 5.74) is 5.96. The van der Waals surface area contributed by atoms with Crippen LogP contribution in [-0.4, -0.2) is 112 Å². The quantitative estimate of drug-likeness (QED) is 0.231. The Balaban J connectivity index is 0.000000174. The fourth-order valence-electron chi connectivity index (χ4n) is 7.25. The number of pyridine rings is 2. The van der Waals surface area contributed by atoms with Gasteiger partial charge in [-0.2, -0.15) is 0 Å². The van der Waals surface area contributed by atoms with E-state index < -0.39 is 0 Å². The van der Waals surface area contributed by atoms with Crippen LogP contribution in [-0.2, 0) is 0 Å². The maximum absolute atomic E-state index is 12.8. The number of anilines is 2. The van der Waals surface area contributed by atoms with Gasteiger partial charge in [0, 0.05) is 74.9 Å². The van der Waals surface area contributed by atoms with Crippen molar-refractivity contribution in [2.45, 2.75) is 12.8 Å². The van der Waals surface area contributed by atoms with Crippen molar-refractivity contribution in [1.82, 2.24) is 29.0 Å². The number of ether oxygens (including phenoxy) is 4. The number of hydrogen-bond acceptors (Lipinski definition) is 12. The average Bonchev–Trinajstić information content (AvgIpc) is 3.66. The summed E-state index contributed by atoms with van der Waals surface area (Å²) < 4.78 is 24.5. The lowest BCUT2D eigenvalue weighted by Gasteiger charge is -2.23. The van der Waals surface area contributed by atoms with Gasteiger partial charge >= 0.3 is 0 Å². The number of hydrogen-bond donors (Lipinski definition) is 1. The summed E-state index contributed by atoms with van der Waals surface area (Å²) in [5, 5.41) is 3.40. The van der Waals surface area contributed by atoms with Crippen LogP contribution in [0.3, 0.4) is 0 Å². The van der Waals surface area contributed by atoms with Gasteiger partial charge < -0.3 is 39.0 Å². The van der Waals surface area contributed by atoms with Crippen molar-refractivity contribution in [2.24, 2.45) is 0 Å². The zero-order chi connectivity index (χ0) is 39.9. The lowest BCUT2D eigenvalue weighted by atomic mass is 10.1. The second kappa shape index (κ2) is 17.8. The third-order valence-corrected chi connectivity index (χ3v) is 10.4. The molecule has 8 rings (SSSR count). The lowest BCUT2D eigenvalue weighted by Crippen LogP contribution is -2.29. The van der Waals surface area contributed by atoms with E-state index in [1.807, 2.05) is 73.1 Å². The summed E-state index contributed by atoms with van der Waals surface area (Å²) in [4.78, 5) is 42.0. The molecular weight excluding hydrogens is 725 g/mol. The number of rotatable bonds is 8. The predicted octanol–water partition coefficient (Wildman–Crippen LogP) is 4.70. The van der Waals surface area contributed by atoms with Crippen molar-refractivity contribution >= 4 is 22.7 Å². The Hall–Kier alpha value is -6.12. The van der Waals surface area contributed by atoms with Crippen LogP contribution in [0.1, 0.15) is 12.8 Å². The summed E-state index contributed by atoms with van der Waals surface area (Å²) >= 11 is 0. The van der Waals surface area contributed by atoms with E-state index in [2.05, 4.69) is 32.0 Å². The molecule has 0 saturated carbocycles. The molecule has 0 aliphatic carbocycles. The van der Waals surface area contributed by atoms with Crippen LogP contribution in [0.15, 0.2) is 94.8 Å².